The van der Waals surface area contributed by atoms with Crippen molar-refractivity contribution in [1.29, 1.82) is 0 Å². The van der Waals surface area contributed by atoms with Crippen molar-refractivity contribution >= 4 is 22.4 Å². The van der Waals surface area contributed by atoms with Crippen LogP contribution in [0.5, 0.6) is 5.88 Å². The Balaban J connectivity index is 1.59. The van der Waals surface area contributed by atoms with Crippen molar-refractivity contribution in [3.05, 3.63) is 35.0 Å². The van der Waals surface area contributed by atoms with Gasteiger partial charge < -0.3 is 14.8 Å². The molecule has 140 valence electrons. The Morgan fingerprint density at radius 3 is 3.19 bits per heavy atom. The zero-order valence-electron chi connectivity index (χ0n) is 15.1. The first-order valence-electron chi connectivity index (χ1n) is 8.67. The van der Waals surface area contributed by atoms with E-state index in [2.05, 4.69) is 20.2 Å². The summed E-state index contributed by atoms with van der Waals surface area (Å²) < 4.78 is 11.2. The predicted molar refractivity (Wildman–Crippen MR) is 101 cm³/mol. The molecular formula is C18H24N4O3S. The van der Waals surface area contributed by atoms with Crippen molar-refractivity contribution in [2.24, 2.45) is 0 Å². The van der Waals surface area contributed by atoms with Gasteiger partial charge in [0.25, 0.3) is 0 Å². The fourth-order valence-electron chi connectivity index (χ4n) is 3.00. The van der Waals surface area contributed by atoms with E-state index in [0.29, 0.717) is 11.0 Å². The highest BCUT2D eigenvalue weighted by Crippen LogP contribution is 2.21. The van der Waals surface area contributed by atoms with E-state index in [0.717, 1.165) is 49.5 Å². The molecule has 1 aliphatic rings. The van der Waals surface area contributed by atoms with E-state index in [1.54, 1.807) is 13.3 Å². The molecule has 0 radical (unpaired) electrons. The van der Waals surface area contributed by atoms with Crippen molar-refractivity contribution in [2.45, 2.75) is 32.4 Å². The Hall–Kier alpha value is -2.03. The minimum Gasteiger partial charge on any atom is -0.481 e. The molecule has 2 aromatic heterocycles. The first-order valence-corrected chi connectivity index (χ1v) is 9.49. The maximum Gasteiger partial charge on any atom is 0.223 e. The Morgan fingerprint density at radius 1 is 1.50 bits per heavy atom. The molecular weight excluding hydrogens is 352 g/mol. The smallest absolute Gasteiger partial charge is 0.223 e. The van der Waals surface area contributed by atoms with Gasteiger partial charge in [0.2, 0.25) is 11.8 Å². The number of amides is 1. The van der Waals surface area contributed by atoms with E-state index in [1.165, 1.54) is 18.3 Å². The van der Waals surface area contributed by atoms with Gasteiger partial charge in [-0.3, -0.25) is 9.69 Å². The number of ether oxygens (including phenoxy) is 2. The minimum absolute atomic E-state index is 0.0954. The summed E-state index contributed by atoms with van der Waals surface area (Å²) in [5.74, 6) is 0.532. The molecule has 1 atom stereocenters. The molecule has 26 heavy (non-hydrogen) atoms. The molecule has 0 bridgehead atoms. The zero-order valence-corrected chi connectivity index (χ0v) is 15.9. The highest BCUT2D eigenvalue weighted by molar-refractivity contribution is 7.15. The number of aromatic nitrogens is 2. The average Bonchev–Trinajstić information content (AvgIpc) is 2.92. The number of nitrogens with one attached hydrogen (secondary N) is 1. The van der Waals surface area contributed by atoms with Gasteiger partial charge in [0, 0.05) is 62.9 Å². The van der Waals surface area contributed by atoms with Crippen molar-refractivity contribution < 1.29 is 14.3 Å². The SMILES string of the molecule is COc1cc(CC2CN(Cc3cnc(NC(C)=O)s3)CCCO2)ccn1. The summed E-state index contributed by atoms with van der Waals surface area (Å²) in [5.41, 5.74) is 1.16. The fourth-order valence-corrected chi connectivity index (χ4v) is 3.90. The van der Waals surface area contributed by atoms with E-state index in [-0.39, 0.29) is 12.0 Å². The number of rotatable bonds is 6. The molecule has 3 heterocycles. The number of pyridine rings is 1. The van der Waals surface area contributed by atoms with Crippen LogP contribution in [0.4, 0.5) is 5.13 Å². The zero-order chi connectivity index (χ0) is 18.4. The molecule has 7 nitrogen and oxygen atoms in total. The molecule has 0 aromatic carbocycles. The highest BCUT2D eigenvalue weighted by Gasteiger charge is 2.20. The van der Waals surface area contributed by atoms with Crippen LogP contribution in [0.15, 0.2) is 24.5 Å². The number of methoxy groups -OCH3 is 1. The lowest BCUT2D eigenvalue weighted by Gasteiger charge is -2.23. The molecule has 1 unspecified atom stereocenters. The maximum atomic E-state index is 11.1. The summed E-state index contributed by atoms with van der Waals surface area (Å²) in [6.45, 7) is 4.92. The van der Waals surface area contributed by atoms with Gasteiger partial charge in [-0.25, -0.2) is 9.97 Å². The van der Waals surface area contributed by atoms with Gasteiger partial charge in [0.15, 0.2) is 5.13 Å². The number of carbonyl (C=O) groups is 1. The number of hydrogen-bond acceptors (Lipinski definition) is 7. The van der Waals surface area contributed by atoms with Crippen molar-refractivity contribution in [3.63, 3.8) is 0 Å². The average molecular weight is 376 g/mol. The van der Waals surface area contributed by atoms with Gasteiger partial charge in [-0.2, -0.15) is 0 Å². The molecule has 0 spiro atoms. The quantitative estimate of drug-likeness (QED) is 0.834. The highest BCUT2D eigenvalue weighted by atomic mass is 32.1. The molecule has 3 rings (SSSR count). The second-order valence-electron chi connectivity index (χ2n) is 6.30. The third kappa shape index (κ3) is 5.48. The van der Waals surface area contributed by atoms with Crippen LogP contribution in [-0.4, -0.2) is 53.7 Å². The largest absolute Gasteiger partial charge is 0.481 e. The molecule has 1 saturated heterocycles. The van der Waals surface area contributed by atoms with Gasteiger partial charge in [-0.15, -0.1) is 11.3 Å². The molecule has 1 fully saturated rings. The van der Waals surface area contributed by atoms with Gasteiger partial charge in [0.1, 0.15) is 0 Å². The van der Waals surface area contributed by atoms with E-state index >= 15 is 0 Å². The molecule has 1 aliphatic heterocycles. The second-order valence-corrected chi connectivity index (χ2v) is 7.42. The van der Waals surface area contributed by atoms with E-state index < -0.39 is 0 Å². The van der Waals surface area contributed by atoms with Crippen molar-refractivity contribution in [2.75, 3.05) is 32.1 Å². The summed E-state index contributed by atoms with van der Waals surface area (Å²) in [4.78, 5) is 23.1. The molecule has 1 N–H and O–H groups in total. The van der Waals surface area contributed by atoms with Gasteiger partial charge in [-0.05, 0) is 18.1 Å². The summed E-state index contributed by atoms with van der Waals surface area (Å²) in [5, 5.41) is 3.39. The molecule has 2 aromatic rings. The number of nitrogens with zero attached hydrogens (tertiary/aromatic N) is 3. The monoisotopic (exact) mass is 376 g/mol. The van der Waals surface area contributed by atoms with Crippen LogP contribution < -0.4 is 10.1 Å². The molecule has 8 heteroatoms. The fraction of sp³-hybridized carbons (Fsp3) is 0.500. The lowest BCUT2D eigenvalue weighted by atomic mass is 10.1. The Bertz CT molecular complexity index is 737. The van der Waals surface area contributed by atoms with Crippen LogP contribution in [0.2, 0.25) is 0 Å². The van der Waals surface area contributed by atoms with Crippen LogP contribution >= 0.6 is 11.3 Å². The number of carbonyl (C=O) groups excluding carboxylic acids is 1. The molecule has 0 saturated carbocycles. The number of anilines is 1. The normalized spacial score (nSPS) is 18.3. The third-order valence-electron chi connectivity index (χ3n) is 4.12. The Labute approximate surface area is 157 Å². The lowest BCUT2D eigenvalue weighted by Crippen LogP contribution is -2.32. The van der Waals surface area contributed by atoms with Crippen LogP contribution in [0.3, 0.4) is 0 Å². The van der Waals surface area contributed by atoms with Gasteiger partial charge >= 0.3 is 0 Å². The Morgan fingerprint density at radius 2 is 2.38 bits per heavy atom. The summed E-state index contributed by atoms with van der Waals surface area (Å²) >= 11 is 1.52. The van der Waals surface area contributed by atoms with Crippen LogP contribution in [0, 0.1) is 0 Å². The van der Waals surface area contributed by atoms with Crippen molar-refractivity contribution in [3.8, 4) is 5.88 Å². The third-order valence-corrected chi connectivity index (χ3v) is 5.02. The first kappa shape index (κ1) is 18.8. The van der Waals surface area contributed by atoms with Crippen LogP contribution in [0.1, 0.15) is 23.8 Å². The van der Waals surface area contributed by atoms with E-state index in [4.69, 9.17) is 9.47 Å². The molecule has 0 aliphatic carbocycles. The van der Waals surface area contributed by atoms with Crippen LogP contribution in [0.25, 0.3) is 0 Å². The summed E-state index contributed by atoms with van der Waals surface area (Å²) in [6.07, 6.45) is 5.57. The van der Waals surface area contributed by atoms with Crippen LogP contribution in [-0.2, 0) is 22.5 Å². The first-order chi connectivity index (χ1) is 12.6. The topological polar surface area (TPSA) is 76.6 Å². The Kier molecular flexibility index (Phi) is 6.54. The minimum atomic E-state index is -0.0954. The number of thiazole rings is 1. The molecule has 1 amide bonds. The lowest BCUT2D eigenvalue weighted by molar-refractivity contribution is -0.114. The predicted octanol–water partition coefficient (Wildman–Crippen LogP) is 2.34. The maximum absolute atomic E-state index is 11.1. The van der Waals surface area contributed by atoms with Gasteiger partial charge in [0.05, 0.1) is 13.2 Å². The van der Waals surface area contributed by atoms with E-state index in [1.807, 2.05) is 18.3 Å². The van der Waals surface area contributed by atoms with E-state index in [9.17, 15) is 4.79 Å². The van der Waals surface area contributed by atoms with Gasteiger partial charge in [-0.1, -0.05) is 0 Å². The number of hydrogen-bond donors (Lipinski definition) is 1. The second kappa shape index (κ2) is 9.07. The summed E-state index contributed by atoms with van der Waals surface area (Å²) in [7, 11) is 1.63. The van der Waals surface area contributed by atoms with Crippen molar-refractivity contribution in [1.82, 2.24) is 14.9 Å². The standard InChI is InChI=1S/C18H24N4O3S/c1-13(23)21-18-20-10-16(26-18)12-22-6-3-7-25-15(11-22)8-14-4-5-19-17(9-14)24-2/h4-5,9-10,15H,3,6-8,11-12H2,1-2H3,(H,20,21,23). The summed E-state index contributed by atoms with van der Waals surface area (Å²) in [6, 6.07) is 3.96.